The Morgan fingerprint density at radius 3 is 3.07 bits per heavy atom. The van der Waals surface area contributed by atoms with Gasteiger partial charge in [-0.2, -0.15) is 0 Å². The van der Waals surface area contributed by atoms with Gasteiger partial charge in [0.15, 0.2) is 0 Å². The van der Waals surface area contributed by atoms with E-state index in [4.69, 9.17) is 9.84 Å². The second-order valence-electron chi connectivity index (χ2n) is 3.54. The minimum Gasteiger partial charge on any atom is -0.394 e. The molecule has 1 saturated heterocycles. The van der Waals surface area contributed by atoms with Gasteiger partial charge in [0, 0.05) is 0 Å². The molecule has 0 amide bonds. The van der Waals surface area contributed by atoms with Crippen LogP contribution in [-0.2, 0) is 4.74 Å². The van der Waals surface area contributed by atoms with Gasteiger partial charge in [0.1, 0.15) is 0 Å². The number of aliphatic hydroxyl groups excluding tert-OH is 1. The fraction of sp³-hybridized carbons (Fsp3) is 0.600. The molecular weight excluding hydrogens is 264 g/mol. The van der Waals surface area contributed by atoms with Crippen LogP contribution >= 0.6 is 27.3 Å². The normalized spacial score (nSPS) is 27.9. The predicted molar refractivity (Wildman–Crippen MR) is 60.6 cm³/mol. The van der Waals surface area contributed by atoms with E-state index in [-0.39, 0.29) is 18.8 Å². The van der Waals surface area contributed by atoms with Crippen LogP contribution in [0.25, 0.3) is 0 Å². The molecule has 2 rings (SSSR count). The van der Waals surface area contributed by atoms with Crippen LogP contribution in [0.15, 0.2) is 15.2 Å². The molecule has 0 aromatic carbocycles. The van der Waals surface area contributed by atoms with E-state index in [0.717, 1.165) is 23.0 Å². The summed E-state index contributed by atoms with van der Waals surface area (Å²) in [6.07, 6.45) is 3.41. The second-order valence-corrected chi connectivity index (χ2v) is 5.83. The Balaban J connectivity index is 2.04. The zero-order chi connectivity index (χ0) is 9.97. The van der Waals surface area contributed by atoms with Crippen LogP contribution < -0.4 is 0 Å². The quantitative estimate of drug-likeness (QED) is 0.900. The smallest absolute Gasteiger partial charge is 0.0838 e. The van der Waals surface area contributed by atoms with Crippen LogP contribution in [0.4, 0.5) is 0 Å². The topological polar surface area (TPSA) is 29.5 Å². The first-order valence-corrected chi connectivity index (χ1v) is 6.47. The Labute approximate surface area is 96.0 Å². The summed E-state index contributed by atoms with van der Waals surface area (Å²) in [7, 11) is 0. The van der Waals surface area contributed by atoms with Crippen molar-refractivity contribution < 1.29 is 9.84 Å². The van der Waals surface area contributed by atoms with Gasteiger partial charge in [-0.1, -0.05) is 0 Å². The molecule has 0 aliphatic carbocycles. The highest BCUT2D eigenvalue weighted by molar-refractivity contribution is 9.11. The molecule has 78 valence electrons. The van der Waals surface area contributed by atoms with Crippen molar-refractivity contribution in [3.8, 4) is 0 Å². The van der Waals surface area contributed by atoms with Crippen LogP contribution in [0.5, 0.6) is 0 Å². The number of hydrogen-bond acceptors (Lipinski definition) is 3. The molecule has 1 aliphatic heterocycles. The molecule has 14 heavy (non-hydrogen) atoms. The Hall–Kier alpha value is 0.1000. The standard InChI is InChI=1S/C10H13BrO2S/c11-10-4-7(6-14-10)9-3-1-2-8(5-12)13-9/h4,6,8-9,12H,1-3,5H2. The Morgan fingerprint density at radius 1 is 1.57 bits per heavy atom. The summed E-state index contributed by atoms with van der Waals surface area (Å²) >= 11 is 5.13. The minimum atomic E-state index is 0.0347. The van der Waals surface area contributed by atoms with Crippen molar-refractivity contribution in [2.45, 2.75) is 31.5 Å². The second kappa shape index (κ2) is 4.75. The van der Waals surface area contributed by atoms with Crippen molar-refractivity contribution in [2.75, 3.05) is 6.61 Å². The molecule has 1 aliphatic rings. The monoisotopic (exact) mass is 276 g/mol. The maximum atomic E-state index is 9.03. The van der Waals surface area contributed by atoms with E-state index in [1.54, 1.807) is 11.3 Å². The lowest BCUT2D eigenvalue weighted by Gasteiger charge is -2.28. The van der Waals surface area contributed by atoms with Gasteiger partial charge in [-0.05, 0) is 52.2 Å². The Bertz CT molecular complexity index is 300. The molecule has 2 atom stereocenters. The zero-order valence-corrected chi connectivity index (χ0v) is 10.2. The summed E-state index contributed by atoms with van der Waals surface area (Å²) in [5.41, 5.74) is 1.24. The largest absolute Gasteiger partial charge is 0.394 e. The molecular formula is C10H13BrO2S. The molecule has 2 nitrogen and oxygen atoms in total. The molecule has 4 heteroatoms. The third kappa shape index (κ3) is 2.37. The lowest BCUT2D eigenvalue weighted by Crippen LogP contribution is -2.25. The fourth-order valence-electron chi connectivity index (χ4n) is 1.77. The minimum absolute atomic E-state index is 0.0347. The average molecular weight is 277 g/mol. The number of ether oxygens (including phenoxy) is 1. The summed E-state index contributed by atoms with van der Waals surface area (Å²) in [6.45, 7) is 0.141. The molecule has 0 bridgehead atoms. The SMILES string of the molecule is OCC1CCCC(c2csc(Br)c2)O1. The molecule has 1 aromatic rings. The number of aliphatic hydroxyl groups is 1. The van der Waals surface area contributed by atoms with E-state index in [2.05, 4.69) is 27.4 Å². The van der Waals surface area contributed by atoms with Gasteiger partial charge in [0.05, 0.1) is 22.6 Å². The van der Waals surface area contributed by atoms with Gasteiger partial charge in [0.2, 0.25) is 0 Å². The summed E-state index contributed by atoms with van der Waals surface area (Å²) in [5.74, 6) is 0. The first-order valence-electron chi connectivity index (χ1n) is 4.80. The van der Waals surface area contributed by atoms with Crippen molar-refractivity contribution in [2.24, 2.45) is 0 Å². The summed E-state index contributed by atoms with van der Waals surface area (Å²) in [6, 6.07) is 2.11. The van der Waals surface area contributed by atoms with Gasteiger partial charge in [0.25, 0.3) is 0 Å². The van der Waals surface area contributed by atoms with E-state index in [9.17, 15) is 0 Å². The highest BCUT2D eigenvalue weighted by Gasteiger charge is 2.23. The van der Waals surface area contributed by atoms with E-state index < -0.39 is 0 Å². The van der Waals surface area contributed by atoms with Gasteiger partial charge < -0.3 is 9.84 Å². The average Bonchev–Trinajstić information content (AvgIpc) is 2.65. The van der Waals surface area contributed by atoms with Crippen molar-refractivity contribution in [1.29, 1.82) is 0 Å². The van der Waals surface area contributed by atoms with Crippen molar-refractivity contribution in [3.63, 3.8) is 0 Å². The molecule has 1 N–H and O–H groups in total. The fourth-order valence-corrected chi connectivity index (χ4v) is 2.99. The number of halogens is 1. The molecule has 2 unspecified atom stereocenters. The van der Waals surface area contributed by atoms with Crippen LogP contribution in [-0.4, -0.2) is 17.8 Å². The summed E-state index contributed by atoms with van der Waals surface area (Å²) in [5, 5.41) is 11.1. The molecule has 0 radical (unpaired) electrons. The van der Waals surface area contributed by atoms with Gasteiger partial charge in [-0.15, -0.1) is 11.3 Å². The summed E-state index contributed by atoms with van der Waals surface area (Å²) < 4.78 is 6.91. The molecule has 0 saturated carbocycles. The van der Waals surface area contributed by atoms with Crippen LogP contribution in [0, 0.1) is 0 Å². The van der Waals surface area contributed by atoms with E-state index in [1.807, 2.05) is 0 Å². The van der Waals surface area contributed by atoms with Crippen LogP contribution in [0.1, 0.15) is 30.9 Å². The maximum absolute atomic E-state index is 9.03. The molecule has 1 aromatic heterocycles. The van der Waals surface area contributed by atoms with Gasteiger partial charge >= 0.3 is 0 Å². The Kier molecular flexibility index (Phi) is 3.60. The van der Waals surface area contributed by atoms with Crippen LogP contribution in [0.2, 0.25) is 0 Å². The first-order chi connectivity index (χ1) is 6.79. The molecule has 2 heterocycles. The predicted octanol–water partition coefficient (Wildman–Crippen LogP) is 3.11. The van der Waals surface area contributed by atoms with E-state index in [0.29, 0.717) is 0 Å². The van der Waals surface area contributed by atoms with Crippen molar-refractivity contribution in [3.05, 3.63) is 20.8 Å². The number of thiophene rings is 1. The third-order valence-corrected chi connectivity index (χ3v) is 4.03. The summed E-state index contributed by atoms with van der Waals surface area (Å²) in [4.78, 5) is 0. The first kappa shape index (κ1) is 10.6. The van der Waals surface area contributed by atoms with Gasteiger partial charge in [-0.3, -0.25) is 0 Å². The molecule has 1 fully saturated rings. The highest BCUT2D eigenvalue weighted by atomic mass is 79.9. The lowest BCUT2D eigenvalue weighted by molar-refractivity contribution is -0.0735. The van der Waals surface area contributed by atoms with Gasteiger partial charge in [-0.25, -0.2) is 0 Å². The molecule has 0 spiro atoms. The van der Waals surface area contributed by atoms with Crippen molar-refractivity contribution >= 4 is 27.3 Å². The highest BCUT2D eigenvalue weighted by Crippen LogP contribution is 2.34. The Morgan fingerprint density at radius 2 is 2.43 bits per heavy atom. The van der Waals surface area contributed by atoms with Crippen molar-refractivity contribution in [1.82, 2.24) is 0 Å². The third-order valence-electron chi connectivity index (χ3n) is 2.51. The van der Waals surface area contributed by atoms with E-state index >= 15 is 0 Å². The maximum Gasteiger partial charge on any atom is 0.0838 e. The number of hydrogen-bond donors (Lipinski definition) is 1. The lowest BCUT2D eigenvalue weighted by atomic mass is 10.0. The zero-order valence-electron chi connectivity index (χ0n) is 7.78. The van der Waals surface area contributed by atoms with E-state index in [1.165, 1.54) is 5.56 Å². The number of rotatable bonds is 2. The van der Waals surface area contributed by atoms with Crippen LogP contribution in [0.3, 0.4) is 0 Å².